The van der Waals surface area contributed by atoms with Crippen molar-refractivity contribution >= 4 is 34.1 Å². The average molecular weight is 328 g/mol. The van der Waals surface area contributed by atoms with E-state index in [1.165, 1.54) is 17.2 Å². The van der Waals surface area contributed by atoms with Crippen molar-refractivity contribution in [2.24, 2.45) is 0 Å². The van der Waals surface area contributed by atoms with Gasteiger partial charge in [0.25, 0.3) is 0 Å². The molecule has 2 heterocycles. The zero-order valence-corrected chi connectivity index (χ0v) is 11.9. The van der Waals surface area contributed by atoms with E-state index in [1.54, 1.807) is 19.2 Å². The fourth-order valence-corrected chi connectivity index (χ4v) is 2.28. The highest BCUT2D eigenvalue weighted by atomic mass is 35.5. The van der Waals surface area contributed by atoms with Crippen LogP contribution in [0.4, 0.5) is 24.8 Å². The van der Waals surface area contributed by atoms with Gasteiger partial charge in [0.05, 0.1) is 11.1 Å². The molecule has 0 fully saturated rings. The minimum absolute atomic E-state index is 0.0418. The second kappa shape index (κ2) is 5.13. The molecule has 0 amide bonds. The van der Waals surface area contributed by atoms with Gasteiger partial charge in [-0.05, 0) is 29.8 Å². The summed E-state index contributed by atoms with van der Waals surface area (Å²) in [6.07, 6.45) is -3.00. The first-order valence-corrected chi connectivity index (χ1v) is 6.52. The lowest BCUT2D eigenvalue weighted by Gasteiger charge is -2.15. The van der Waals surface area contributed by atoms with Crippen LogP contribution in [0.3, 0.4) is 0 Å². The Morgan fingerprint density at radius 3 is 2.68 bits per heavy atom. The zero-order valence-electron chi connectivity index (χ0n) is 11.2. The van der Waals surface area contributed by atoms with Crippen molar-refractivity contribution in [1.82, 2.24) is 20.2 Å². The van der Waals surface area contributed by atoms with Gasteiger partial charge < -0.3 is 4.90 Å². The number of para-hydroxylation sites is 1. The van der Waals surface area contributed by atoms with E-state index in [1.807, 2.05) is 0 Å². The van der Waals surface area contributed by atoms with Gasteiger partial charge in [-0.25, -0.2) is 9.97 Å². The Morgan fingerprint density at radius 1 is 1.23 bits per heavy atom. The number of benzene rings is 1. The van der Waals surface area contributed by atoms with Crippen LogP contribution in [0, 0.1) is 0 Å². The molecule has 0 aliphatic rings. The molecule has 0 bridgehead atoms. The molecule has 22 heavy (non-hydrogen) atoms. The first kappa shape index (κ1) is 14.6. The molecule has 2 aromatic heterocycles. The van der Waals surface area contributed by atoms with Crippen LogP contribution in [0.15, 0.2) is 30.5 Å². The number of aromatic amines is 1. The first-order valence-electron chi connectivity index (χ1n) is 6.14. The Hall–Kier alpha value is -2.35. The largest absolute Gasteiger partial charge is 0.418 e. The maximum atomic E-state index is 13.0. The number of hydrogen-bond donors (Lipinski definition) is 1. The molecule has 3 rings (SSSR count). The molecule has 0 atom stereocenters. The van der Waals surface area contributed by atoms with E-state index < -0.39 is 11.7 Å². The number of anilines is 2. The Balaban J connectivity index is 2.13. The van der Waals surface area contributed by atoms with Crippen LogP contribution in [0.1, 0.15) is 5.56 Å². The van der Waals surface area contributed by atoms with Crippen LogP contribution in [0.2, 0.25) is 5.28 Å². The van der Waals surface area contributed by atoms with Crippen molar-refractivity contribution in [2.45, 2.75) is 6.18 Å². The van der Waals surface area contributed by atoms with Crippen LogP contribution in [0.25, 0.3) is 10.9 Å². The Labute approximate surface area is 127 Å². The molecule has 0 saturated heterocycles. The van der Waals surface area contributed by atoms with Crippen LogP contribution < -0.4 is 4.90 Å². The molecule has 1 N–H and O–H groups in total. The zero-order chi connectivity index (χ0) is 15.9. The van der Waals surface area contributed by atoms with Crippen LogP contribution in [-0.4, -0.2) is 27.2 Å². The Kier molecular flexibility index (Phi) is 3.40. The number of H-pyrrole nitrogens is 1. The van der Waals surface area contributed by atoms with Gasteiger partial charge >= 0.3 is 6.18 Å². The minimum atomic E-state index is -4.46. The minimum Gasteiger partial charge on any atom is -0.312 e. The van der Waals surface area contributed by atoms with Gasteiger partial charge in [0.2, 0.25) is 5.28 Å². The highest BCUT2D eigenvalue weighted by Crippen LogP contribution is 2.37. The lowest BCUT2D eigenvalue weighted by molar-refractivity contribution is -0.136. The van der Waals surface area contributed by atoms with Gasteiger partial charge in [0.1, 0.15) is 5.82 Å². The van der Waals surface area contributed by atoms with Gasteiger partial charge in [-0.1, -0.05) is 6.07 Å². The van der Waals surface area contributed by atoms with E-state index in [2.05, 4.69) is 20.2 Å². The summed E-state index contributed by atoms with van der Waals surface area (Å²) in [5.74, 6) is 0.738. The number of halogens is 4. The molecular weight excluding hydrogens is 319 g/mol. The highest BCUT2D eigenvalue weighted by molar-refractivity contribution is 6.28. The molecule has 0 aliphatic carbocycles. The van der Waals surface area contributed by atoms with Crippen LogP contribution in [0.5, 0.6) is 0 Å². The molecule has 0 unspecified atom stereocenters. The summed E-state index contributed by atoms with van der Waals surface area (Å²) in [6.45, 7) is 0. The lowest BCUT2D eigenvalue weighted by atomic mass is 10.1. The smallest absolute Gasteiger partial charge is 0.312 e. The van der Waals surface area contributed by atoms with Gasteiger partial charge in [0, 0.05) is 18.6 Å². The molecule has 0 spiro atoms. The number of rotatable bonds is 2. The molecule has 0 saturated carbocycles. The number of alkyl halides is 3. The molecule has 5 nitrogen and oxygen atoms in total. The third kappa shape index (κ3) is 2.45. The normalized spacial score (nSPS) is 11.9. The van der Waals surface area contributed by atoms with Gasteiger partial charge in [-0.3, -0.25) is 5.10 Å². The molecule has 9 heteroatoms. The summed E-state index contributed by atoms with van der Waals surface area (Å²) in [5, 5.41) is 6.80. The van der Waals surface area contributed by atoms with Crippen molar-refractivity contribution in [3.63, 3.8) is 0 Å². The van der Waals surface area contributed by atoms with E-state index in [9.17, 15) is 13.2 Å². The van der Waals surface area contributed by atoms with E-state index in [0.29, 0.717) is 17.0 Å². The fraction of sp³-hybridized carbons (Fsp3) is 0.154. The van der Waals surface area contributed by atoms with Gasteiger partial charge in [-0.2, -0.15) is 18.3 Å². The molecule has 3 aromatic rings. The third-order valence-corrected chi connectivity index (χ3v) is 3.34. The van der Waals surface area contributed by atoms with Crippen molar-refractivity contribution in [1.29, 1.82) is 0 Å². The van der Waals surface area contributed by atoms with Crippen LogP contribution in [-0.2, 0) is 6.18 Å². The summed E-state index contributed by atoms with van der Waals surface area (Å²) in [6, 6.07) is 5.49. The fourth-order valence-electron chi connectivity index (χ4n) is 2.14. The van der Waals surface area contributed by atoms with E-state index in [4.69, 9.17) is 11.6 Å². The summed E-state index contributed by atoms with van der Waals surface area (Å²) >= 11 is 5.73. The maximum absolute atomic E-state index is 13.0. The lowest BCUT2D eigenvalue weighted by Crippen LogP contribution is -2.12. The summed E-state index contributed by atoms with van der Waals surface area (Å²) in [4.78, 5) is 9.31. The number of nitrogens with one attached hydrogen (secondary N) is 1. The first-order chi connectivity index (χ1) is 10.4. The molecule has 114 valence electrons. The SMILES string of the molecule is CN(c1ccnc(Cl)n1)c1n[nH]c2c(C(F)(F)F)cccc12. The second-order valence-corrected chi connectivity index (χ2v) is 4.85. The van der Waals surface area contributed by atoms with Gasteiger partial charge in [0.15, 0.2) is 5.82 Å². The van der Waals surface area contributed by atoms with Crippen molar-refractivity contribution in [2.75, 3.05) is 11.9 Å². The van der Waals surface area contributed by atoms with E-state index >= 15 is 0 Å². The number of nitrogens with zero attached hydrogens (tertiary/aromatic N) is 4. The summed E-state index contributed by atoms with van der Waals surface area (Å²) in [5.41, 5.74) is -0.838. The van der Waals surface area contributed by atoms with Crippen molar-refractivity contribution in [3.8, 4) is 0 Å². The third-order valence-electron chi connectivity index (χ3n) is 3.16. The Bertz CT molecular complexity index is 830. The van der Waals surface area contributed by atoms with E-state index in [-0.39, 0.29) is 10.8 Å². The summed E-state index contributed by atoms with van der Waals surface area (Å²) < 4.78 is 39.0. The van der Waals surface area contributed by atoms with Gasteiger partial charge in [-0.15, -0.1) is 0 Å². The van der Waals surface area contributed by atoms with Crippen molar-refractivity contribution in [3.05, 3.63) is 41.3 Å². The molecule has 1 aromatic carbocycles. The number of fused-ring (bicyclic) bond motifs is 1. The topological polar surface area (TPSA) is 57.7 Å². The predicted molar refractivity (Wildman–Crippen MR) is 76.2 cm³/mol. The molecule has 0 aliphatic heterocycles. The standard InChI is InChI=1S/C13H9ClF3N5/c1-22(9-5-6-18-12(14)19-9)11-7-3-2-4-8(13(15,16)17)10(7)20-21-11/h2-6H,1H3,(H,20,21). The number of hydrogen-bond acceptors (Lipinski definition) is 4. The Morgan fingerprint density at radius 2 is 2.00 bits per heavy atom. The average Bonchev–Trinajstić information content (AvgIpc) is 2.89. The highest BCUT2D eigenvalue weighted by Gasteiger charge is 2.34. The van der Waals surface area contributed by atoms with Crippen molar-refractivity contribution < 1.29 is 13.2 Å². The quantitative estimate of drug-likeness (QED) is 0.727. The molecular formula is C13H9ClF3N5. The van der Waals surface area contributed by atoms with Crippen LogP contribution >= 0.6 is 11.6 Å². The number of aromatic nitrogens is 4. The maximum Gasteiger partial charge on any atom is 0.418 e. The monoisotopic (exact) mass is 327 g/mol. The molecule has 0 radical (unpaired) electrons. The predicted octanol–water partition coefficient (Wildman–Crippen LogP) is 3.79. The van der Waals surface area contributed by atoms with E-state index in [0.717, 1.165) is 6.07 Å². The summed E-state index contributed by atoms with van der Waals surface area (Å²) in [7, 11) is 1.63. The second-order valence-electron chi connectivity index (χ2n) is 4.52.